The average Bonchev–Trinajstić information content (AvgIpc) is 2.79. The van der Waals surface area contributed by atoms with Crippen LogP contribution in [-0.4, -0.2) is 44.1 Å². The lowest BCUT2D eigenvalue weighted by atomic mass is 10.2. The second kappa shape index (κ2) is 6.26. The predicted octanol–water partition coefficient (Wildman–Crippen LogP) is 1.15. The Morgan fingerprint density at radius 2 is 2.05 bits per heavy atom. The summed E-state index contributed by atoms with van der Waals surface area (Å²) in [5.74, 6) is 0.768. The number of nitrogens with zero attached hydrogens (tertiary/aromatic N) is 1. The van der Waals surface area contributed by atoms with Crippen LogP contribution in [0.15, 0.2) is 22.8 Å². The summed E-state index contributed by atoms with van der Waals surface area (Å²) in [7, 11) is -3.49. The summed E-state index contributed by atoms with van der Waals surface area (Å²) in [6.07, 6.45) is 1.94. The highest BCUT2D eigenvalue weighted by molar-refractivity contribution is 7.87. The lowest BCUT2D eigenvalue weighted by Crippen LogP contribution is -2.53. The first-order valence-corrected chi connectivity index (χ1v) is 8.26. The van der Waals surface area contributed by atoms with Gasteiger partial charge < -0.3 is 9.15 Å². The monoisotopic (exact) mass is 302 g/mol. The van der Waals surface area contributed by atoms with Crippen molar-refractivity contribution in [1.29, 1.82) is 0 Å². The van der Waals surface area contributed by atoms with Crippen molar-refractivity contribution in [1.82, 2.24) is 9.03 Å². The molecule has 114 valence electrons. The highest BCUT2D eigenvalue weighted by atomic mass is 32.2. The van der Waals surface area contributed by atoms with Crippen LogP contribution in [-0.2, 0) is 21.4 Å². The smallest absolute Gasteiger partial charge is 0.279 e. The Balaban J connectivity index is 1.96. The Morgan fingerprint density at radius 3 is 2.60 bits per heavy atom. The van der Waals surface area contributed by atoms with E-state index in [-0.39, 0.29) is 18.2 Å². The normalized spacial score (nSPS) is 26.6. The van der Waals surface area contributed by atoms with Gasteiger partial charge in [0.05, 0.1) is 18.5 Å². The summed E-state index contributed by atoms with van der Waals surface area (Å²) >= 11 is 0. The van der Waals surface area contributed by atoms with Crippen LogP contribution in [0.4, 0.5) is 0 Å². The number of hydrogen-bond acceptors (Lipinski definition) is 4. The first kappa shape index (κ1) is 15.5. The summed E-state index contributed by atoms with van der Waals surface area (Å²) in [4.78, 5) is 0. The van der Waals surface area contributed by atoms with Gasteiger partial charge in [-0.3, -0.25) is 0 Å². The van der Waals surface area contributed by atoms with Gasteiger partial charge in [0.1, 0.15) is 5.76 Å². The maximum atomic E-state index is 12.3. The molecule has 0 aliphatic carbocycles. The number of rotatable bonds is 5. The molecule has 2 heterocycles. The van der Waals surface area contributed by atoms with Gasteiger partial charge in [-0.25, -0.2) is 0 Å². The third kappa shape index (κ3) is 4.05. The summed E-state index contributed by atoms with van der Waals surface area (Å²) < 4.78 is 39.6. The molecule has 3 atom stereocenters. The number of nitrogens with one attached hydrogen (secondary N) is 1. The molecule has 0 saturated carbocycles. The number of furan rings is 1. The molecule has 0 radical (unpaired) electrons. The molecule has 7 heteroatoms. The van der Waals surface area contributed by atoms with Crippen molar-refractivity contribution in [2.75, 3.05) is 13.1 Å². The van der Waals surface area contributed by atoms with Crippen LogP contribution in [0, 0.1) is 0 Å². The molecule has 1 fully saturated rings. The van der Waals surface area contributed by atoms with Crippen LogP contribution < -0.4 is 4.72 Å². The minimum atomic E-state index is -3.49. The molecule has 2 rings (SSSR count). The van der Waals surface area contributed by atoms with E-state index in [1.165, 1.54) is 4.31 Å². The molecule has 20 heavy (non-hydrogen) atoms. The molecular weight excluding hydrogens is 280 g/mol. The van der Waals surface area contributed by atoms with Gasteiger partial charge in [-0.15, -0.1) is 0 Å². The van der Waals surface area contributed by atoms with E-state index in [0.717, 1.165) is 5.76 Å². The van der Waals surface area contributed by atoms with Gasteiger partial charge in [0.25, 0.3) is 10.2 Å². The van der Waals surface area contributed by atoms with E-state index in [2.05, 4.69) is 4.72 Å². The van der Waals surface area contributed by atoms with Gasteiger partial charge in [-0.2, -0.15) is 17.4 Å². The fraction of sp³-hybridized carbons (Fsp3) is 0.692. The molecule has 1 saturated heterocycles. The van der Waals surface area contributed by atoms with Gasteiger partial charge in [-0.1, -0.05) is 0 Å². The fourth-order valence-corrected chi connectivity index (χ4v) is 3.98. The van der Waals surface area contributed by atoms with Gasteiger partial charge in [0.15, 0.2) is 0 Å². The van der Waals surface area contributed by atoms with E-state index in [0.29, 0.717) is 19.5 Å². The zero-order valence-corrected chi connectivity index (χ0v) is 12.9. The Labute approximate surface area is 120 Å². The molecule has 1 aliphatic heterocycles. The van der Waals surface area contributed by atoms with Crippen molar-refractivity contribution in [3.8, 4) is 0 Å². The number of morpholine rings is 1. The highest BCUT2D eigenvalue weighted by Crippen LogP contribution is 2.14. The zero-order chi connectivity index (χ0) is 14.8. The molecule has 1 aliphatic rings. The second-order valence-electron chi connectivity index (χ2n) is 5.38. The first-order chi connectivity index (χ1) is 9.37. The Hall–Kier alpha value is -0.890. The summed E-state index contributed by atoms with van der Waals surface area (Å²) in [6.45, 7) is 6.35. The van der Waals surface area contributed by atoms with E-state index < -0.39 is 10.2 Å². The number of hydrogen-bond donors (Lipinski definition) is 1. The van der Waals surface area contributed by atoms with Crippen molar-refractivity contribution in [2.45, 2.75) is 45.4 Å². The van der Waals surface area contributed by atoms with E-state index in [1.807, 2.05) is 26.8 Å². The lowest BCUT2D eigenvalue weighted by Gasteiger charge is -2.34. The number of ether oxygens (including phenoxy) is 1. The summed E-state index contributed by atoms with van der Waals surface area (Å²) in [5, 5.41) is 0. The molecule has 0 aromatic carbocycles. The van der Waals surface area contributed by atoms with E-state index in [9.17, 15) is 8.42 Å². The Bertz CT molecular complexity index is 504. The van der Waals surface area contributed by atoms with Crippen LogP contribution in [0.1, 0.15) is 26.5 Å². The standard InChI is InChI=1S/C13H22N2O4S/c1-10(7-13-5-4-6-18-13)14-20(16,17)15-8-11(2)19-12(3)9-15/h4-6,10-12,14H,7-9H2,1-3H3/t10-,11-,12+/m0/s1. The topological polar surface area (TPSA) is 71.8 Å². The largest absolute Gasteiger partial charge is 0.469 e. The molecule has 0 unspecified atom stereocenters. The quantitative estimate of drug-likeness (QED) is 0.886. The minimum Gasteiger partial charge on any atom is -0.469 e. The highest BCUT2D eigenvalue weighted by Gasteiger charge is 2.31. The molecule has 6 nitrogen and oxygen atoms in total. The van der Waals surface area contributed by atoms with Crippen molar-refractivity contribution in [3.63, 3.8) is 0 Å². The molecule has 0 bridgehead atoms. The van der Waals surface area contributed by atoms with Crippen molar-refractivity contribution in [2.24, 2.45) is 0 Å². The predicted molar refractivity (Wildman–Crippen MR) is 75.5 cm³/mol. The first-order valence-electron chi connectivity index (χ1n) is 6.82. The minimum absolute atomic E-state index is 0.0873. The fourth-order valence-electron chi connectivity index (χ4n) is 2.43. The molecular formula is C13H22N2O4S. The molecule has 1 aromatic rings. The second-order valence-corrected chi connectivity index (χ2v) is 7.08. The van der Waals surface area contributed by atoms with Crippen LogP contribution in [0.2, 0.25) is 0 Å². The van der Waals surface area contributed by atoms with Crippen molar-refractivity contribution in [3.05, 3.63) is 24.2 Å². The van der Waals surface area contributed by atoms with Crippen LogP contribution in [0.3, 0.4) is 0 Å². The van der Waals surface area contributed by atoms with Crippen LogP contribution in [0.25, 0.3) is 0 Å². The van der Waals surface area contributed by atoms with E-state index >= 15 is 0 Å². The Morgan fingerprint density at radius 1 is 1.40 bits per heavy atom. The molecule has 1 aromatic heterocycles. The lowest BCUT2D eigenvalue weighted by molar-refractivity contribution is -0.0444. The molecule has 0 spiro atoms. The van der Waals surface area contributed by atoms with Crippen molar-refractivity contribution >= 4 is 10.2 Å². The maximum Gasteiger partial charge on any atom is 0.279 e. The average molecular weight is 302 g/mol. The van der Waals surface area contributed by atoms with Crippen LogP contribution >= 0.6 is 0 Å². The third-order valence-electron chi connectivity index (χ3n) is 3.16. The maximum absolute atomic E-state index is 12.3. The van der Waals surface area contributed by atoms with Gasteiger partial charge in [-0.05, 0) is 32.9 Å². The molecule has 0 amide bonds. The Kier molecular flexibility index (Phi) is 4.85. The van der Waals surface area contributed by atoms with E-state index in [1.54, 1.807) is 12.3 Å². The van der Waals surface area contributed by atoms with Gasteiger partial charge in [0, 0.05) is 25.6 Å². The SMILES string of the molecule is C[C@@H]1CN(S(=O)(=O)N[C@@H](C)Cc2ccco2)C[C@H](C)O1. The van der Waals surface area contributed by atoms with Gasteiger partial charge >= 0.3 is 0 Å². The van der Waals surface area contributed by atoms with Gasteiger partial charge in [0.2, 0.25) is 0 Å². The van der Waals surface area contributed by atoms with E-state index in [4.69, 9.17) is 9.15 Å². The van der Waals surface area contributed by atoms with Crippen LogP contribution in [0.5, 0.6) is 0 Å². The summed E-state index contributed by atoms with van der Waals surface area (Å²) in [6, 6.07) is 3.41. The van der Waals surface area contributed by atoms with Crippen molar-refractivity contribution < 1.29 is 17.6 Å². The third-order valence-corrected chi connectivity index (χ3v) is 4.84. The zero-order valence-electron chi connectivity index (χ0n) is 12.1. The molecule has 1 N–H and O–H groups in total. The summed E-state index contributed by atoms with van der Waals surface area (Å²) in [5.41, 5.74) is 0.